The molecule has 0 spiro atoms. The number of carbonyl (C=O) groups excluding carboxylic acids is 2. The predicted molar refractivity (Wildman–Crippen MR) is 235 cm³/mol. The first-order valence-corrected chi connectivity index (χ1v) is 23.1. The highest BCUT2D eigenvalue weighted by atomic mass is 31.2. The van der Waals surface area contributed by atoms with E-state index >= 15 is 0 Å². The number of carboxylic acid groups (broad SMARTS) is 1. The standard InChI is InChI=1S/C46H76NO10P/c1-3-5-7-9-11-13-15-17-18-19-20-21-22-23-24-26-28-30-32-34-36-38-45(50)55-39-42(48)40-56-58(53,54)57-41-43(46(51)52)47-44(49)37-35-33-31-29-27-25-16-14-12-10-8-6-4-2/h5,7,11,13-14,16-18,20-21,23-24,28,30,42-43,48H,3-4,6,8-10,12,15,19,22,25-27,29,31-41H2,1-2H3,(H,47,49)(H,51,52)(H,53,54)/b7-5-,13-11-,16-14-,18-17-,21-20-,24-23-,30-28-. The molecular formula is C46H76NO10P. The Bertz CT molecular complexity index is 1300. The van der Waals surface area contributed by atoms with Gasteiger partial charge in [0.05, 0.1) is 13.2 Å². The molecule has 0 aliphatic rings. The van der Waals surface area contributed by atoms with Crippen LogP contribution in [0.15, 0.2) is 85.1 Å². The highest BCUT2D eigenvalue weighted by Gasteiger charge is 2.28. The molecule has 0 aromatic rings. The van der Waals surface area contributed by atoms with Gasteiger partial charge in [0.2, 0.25) is 5.91 Å². The van der Waals surface area contributed by atoms with Crippen LogP contribution in [0.1, 0.15) is 155 Å². The highest BCUT2D eigenvalue weighted by Crippen LogP contribution is 2.43. The van der Waals surface area contributed by atoms with Crippen molar-refractivity contribution in [2.75, 3.05) is 19.8 Å². The highest BCUT2D eigenvalue weighted by molar-refractivity contribution is 7.47. The molecule has 0 saturated carbocycles. The Morgan fingerprint density at radius 3 is 1.53 bits per heavy atom. The van der Waals surface area contributed by atoms with Crippen molar-refractivity contribution in [3.8, 4) is 0 Å². The Morgan fingerprint density at radius 2 is 1.00 bits per heavy atom. The van der Waals surface area contributed by atoms with Crippen LogP contribution < -0.4 is 5.32 Å². The van der Waals surface area contributed by atoms with E-state index in [4.69, 9.17) is 13.8 Å². The third-order valence-electron chi connectivity index (χ3n) is 8.67. The molecule has 0 rings (SSSR count). The van der Waals surface area contributed by atoms with Crippen molar-refractivity contribution < 1.29 is 47.8 Å². The molecule has 12 heteroatoms. The summed E-state index contributed by atoms with van der Waals surface area (Å²) in [6, 6.07) is -1.56. The normalized spacial score (nSPS) is 14.6. The zero-order valence-corrected chi connectivity index (χ0v) is 36.5. The second-order valence-corrected chi connectivity index (χ2v) is 15.6. The molecule has 4 N–H and O–H groups in total. The summed E-state index contributed by atoms with van der Waals surface area (Å²) in [6.07, 6.45) is 49.0. The average Bonchev–Trinajstić information content (AvgIpc) is 3.20. The number of aliphatic carboxylic acids is 1. The lowest BCUT2D eigenvalue weighted by Crippen LogP contribution is -2.43. The van der Waals surface area contributed by atoms with Crippen molar-refractivity contribution in [3.05, 3.63) is 85.1 Å². The monoisotopic (exact) mass is 834 g/mol. The maximum Gasteiger partial charge on any atom is 0.472 e. The van der Waals surface area contributed by atoms with Gasteiger partial charge in [0.15, 0.2) is 6.04 Å². The zero-order valence-electron chi connectivity index (χ0n) is 35.6. The average molecular weight is 834 g/mol. The van der Waals surface area contributed by atoms with Gasteiger partial charge in [-0.05, 0) is 89.9 Å². The smallest absolute Gasteiger partial charge is 0.472 e. The molecule has 0 aromatic carbocycles. The largest absolute Gasteiger partial charge is 0.480 e. The van der Waals surface area contributed by atoms with Gasteiger partial charge in [-0.3, -0.25) is 18.6 Å². The van der Waals surface area contributed by atoms with E-state index in [0.717, 1.165) is 89.9 Å². The zero-order chi connectivity index (χ0) is 42.8. The van der Waals surface area contributed by atoms with Crippen LogP contribution in [0, 0.1) is 0 Å². The van der Waals surface area contributed by atoms with Crippen molar-refractivity contribution >= 4 is 25.7 Å². The number of allylic oxidation sites excluding steroid dienone is 14. The molecule has 0 heterocycles. The Morgan fingerprint density at radius 1 is 0.569 bits per heavy atom. The van der Waals surface area contributed by atoms with Crippen LogP contribution in [-0.2, 0) is 32.7 Å². The Balaban J connectivity index is 4.00. The Kier molecular flexibility index (Phi) is 38.1. The van der Waals surface area contributed by atoms with Crippen molar-refractivity contribution in [3.63, 3.8) is 0 Å². The molecule has 0 saturated heterocycles. The van der Waals surface area contributed by atoms with Gasteiger partial charge in [-0.2, -0.15) is 0 Å². The van der Waals surface area contributed by atoms with Crippen molar-refractivity contribution in [2.45, 2.75) is 167 Å². The van der Waals surface area contributed by atoms with Crippen LogP contribution in [0.2, 0.25) is 0 Å². The van der Waals surface area contributed by atoms with E-state index in [9.17, 15) is 34.1 Å². The summed E-state index contributed by atoms with van der Waals surface area (Å²) in [4.78, 5) is 45.8. The van der Waals surface area contributed by atoms with Crippen LogP contribution in [0.4, 0.5) is 0 Å². The van der Waals surface area contributed by atoms with E-state index in [-0.39, 0.29) is 12.8 Å². The van der Waals surface area contributed by atoms with E-state index in [1.165, 1.54) is 25.7 Å². The minimum Gasteiger partial charge on any atom is -0.480 e. The Labute approximate surface area is 350 Å². The summed E-state index contributed by atoms with van der Waals surface area (Å²) in [5.41, 5.74) is 0. The lowest BCUT2D eigenvalue weighted by Gasteiger charge is -2.18. The van der Waals surface area contributed by atoms with Gasteiger partial charge >= 0.3 is 19.8 Å². The van der Waals surface area contributed by atoms with E-state index in [1.54, 1.807) is 0 Å². The van der Waals surface area contributed by atoms with Crippen molar-refractivity contribution in [1.82, 2.24) is 5.32 Å². The summed E-state index contributed by atoms with van der Waals surface area (Å²) in [7, 11) is -4.77. The molecule has 0 fully saturated rings. The molecule has 3 unspecified atom stereocenters. The van der Waals surface area contributed by atoms with Gasteiger partial charge in [-0.1, -0.05) is 137 Å². The summed E-state index contributed by atoms with van der Waals surface area (Å²) < 4.78 is 26.8. The molecule has 330 valence electrons. The third-order valence-corrected chi connectivity index (χ3v) is 9.62. The number of phosphoric acid groups is 1. The fraction of sp³-hybridized carbons (Fsp3) is 0.630. The molecular weight excluding hydrogens is 757 g/mol. The van der Waals surface area contributed by atoms with E-state index in [0.29, 0.717) is 12.8 Å². The number of hydrogen-bond donors (Lipinski definition) is 4. The quantitative estimate of drug-likeness (QED) is 0.0202. The van der Waals surface area contributed by atoms with Crippen LogP contribution in [0.25, 0.3) is 0 Å². The van der Waals surface area contributed by atoms with Gasteiger partial charge < -0.3 is 25.2 Å². The lowest BCUT2D eigenvalue weighted by atomic mass is 10.1. The maximum absolute atomic E-state index is 12.3. The third kappa shape index (κ3) is 39.5. The summed E-state index contributed by atoms with van der Waals surface area (Å²) in [6.45, 7) is 2.39. The number of carboxylic acids is 1. The summed E-state index contributed by atoms with van der Waals surface area (Å²) in [5.74, 6) is -2.45. The van der Waals surface area contributed by atoms with Gasteiger partial charge in [-0.15, -0.1) is 0 Å². The first-order chi connectivity index (χ1) is 28.1. The minimum absolute atomic E-state index is 0.128. The molecule has 11 nitrogen and oxygen atoms in total. The number of aliphatic hydroxyl groups excluding tert-OH is 1. The van der Waals surface area contributed by atoms with Crippen molar-refractivity contribution in [1.29, 1.82) is 0 Å². The first kappa shape index (κ1) is 54.7. The number of aliphatic hydroxyl groups is 1. The van der Waals surface area contributed by atoms with Gasteiger partial charge in [0.1, 0.15) is 12.7 Å². The number of phosphoric ester groups is 1. The second kappa shape index (κ2) is 40.4. The minimum atomic E-state index is -4.77. The van der Waals surface area contributed by atoms with Gasteiger partial charge in [0.25, 0.3) is 0 Å². The fourth-order valence-electron chi connectivity index (χ4n) is 5.31. The maximum atomic E-state index is 12.3. The lowest BCUT2D eigenvalue weighted by molar-refractivity contribution is -0.147. The number of rotatable bonds is 39. The molecule has 1 amide bonds. The van der Waals surface area contributed by atoms with Gasteiger partial charge in [0, 0.05) is 12.8 Å². The number of carbonyl (C=O) groups is 3. The SMILES string of the molecule is CC/C=C\C/C=C\C/C=C\C/C=C\C/C=C\C/C=C\CCCCC(=O)OCC(O)COP(=O)(O)OCC(NC(=O)CCCCCCC/C=C\CCCCCC)C(=O)O. The first-order valence-electron chi connectivity index (χ1n) is 21.6. The predicted octanol–water partition coefficient (Wildman–Crippen LogP) is 11.1. The number of unbranched alkanes of at least 4 members (excludes halogenated alkanes) is 11. The molecule has 0 aliphatic carbocycles. The number of hydrogen-bond acceptors (Lipinski definition) is 8. The van der Waals surface area contributed by atoms with Crippen LogP contribution >= 0.6 is 7.82 Å². The van der Waals surface area contributed by atoms with Crippen molar-refractivity contribution in [2.24, 2.45) is 0 Å². The molecule has 0 aliphatic heterocycles. The van der Waals surface area contributed by atoms with Crippen LogP contribution in [-0.4, -0.2) is 64.9 Å². The molecule has 0 bridgehead atoms. The number of ether oxygens (including phenoxy) is 1. The van der Waals surface area contributed by atoms with Crippen LogP contribution in [0.3, 0.4) is 0 Å². The molecule has 58 heavy (non-hydrogen) atoms. The van der Waals surface area contributed by atoms with E-state index in [2.05, 4.69) is 104 Å². The van der Waals surface area contributed by atoms with Crippen LogP contribution in [0.5, 0.6) is 0 Å². The number of amides is 1. The Hall–Kier alpha value is -3.34. The molecule has 0 aromatic heterocycles. The number of nitrogens with one attached hydrogen (secondary N) is 1. The topological polar surface area (TPSA) is 169 Å². The summed E-state index contributed by atoms with van der Waals surface area (Å²) >= 11 is 0. The molecule has 3 atom stereocenters. The second-order valence-electron chi connectivity index (χ2n) is 14.1. The fourth-order valence-corrected chi connectivity index (χ4v) is 6.08. The molecule has 0 radical (unpaired) electrons. The van der Waals surface area contributed by atoms with E-state index < -0.39 is 57.6 Å². The number of esters is 1. The van der Waals surface area contributed by atoms with Gasteiger partial charge in [-0.25, -0.2) is 9.36 Å². The summed E-state index contributed by atoms with van der Waals surface area (Å²) in [5, 5.41) is 21.8. The van der Waals surface area contributed by atoms with E-state index in [1.807, 2.05) is 0 Å².